The smallest absolute Gasteiger partial charge is 0.251 e. The van der Waals surface area contributed by atoms with E-state index < -0.39 is 0 Å². The van der Waals surface area contributed by atoms with Gasteiger partial charge in [-0.1, -0.05) is 18.2 Å². The third-order valence-corrected chi connectivity index (χ3v) is 3.16. The molecule has 1 saturated heterocycles. The van der Waals surface area contributed by atoms with Crippen molar-refractivity contribution >= 4 is 5.91 Å². The van der Waals surface area contributed by atoms with Crippen molar-refractivity contribution in [3.05, 3.63) is 35.4 Å². The Morgan fingerprint density at radius 3 is 2.69 bits per heavy atom. The highest BCUT2D eigenvalue weighted by molar-refractivity contribution is 5.95. The SMILES string of the molecule is Cc1ccccc1C(=O)NC1CC[NH2+]CC1. The van der Waals surface area contributed by atoms with Gasteiger partial charge in [0.05, 0.1) is 13.1 Å². The van der Waals surface area contributed by atoms with Gasteiger partial charge in [-0.3, -0.25) is 4.79 Å². The van der Waals surface area contributed by atoms with Crippen LogP contribution in [0.3, 0.4) is 0 Å². The summed E-state index contributed by atoms with van der Waals surface area (Å²) in [6.07, 6.45) is 2.16. The van der Waals surface area contributed by atoms with Crippen LogP contribution in [-0.4, -0.2) is 25.0 Å². The summed E-state index contributed by atoms with van der Waals surface area (Å²) in [5.74, 6) is 0.0741. The predicted molar refractivity (Wildman–Crippen MR) is 63.3 cm³/mol. The molecule has 0 atom stereocenters. The summed E-state index contributed by atoms with van der Waals surface area (Å²) >= 11 is 0. The van der Waals surface area contributed by atoms with E-state index in [0.717, 1.165) is 37.1 Å². The van der Waals surface area contributed by atoms with Crippen molar-refractivity contribution in [2.24, 2.45) is 0 Å². The van der Waals surface area contributed by atoms with Crippen molar-refractivity contribution < 1.29 is 10.1 Å². The predicted octanol–water partition coefficient (Wildman–Crippen LogP) is 0.451. The standard InChI is InChI=1S/C13H18N2O/c1-10-4-2-3-5-12(10)13(16)15-11-6-8-14-9-7-11/h2-5,11,14H,6-9H2,1H3,(H,15,16)/p+1. The number of aryl methyl sites for hydroxylation is 1. The third kappa shape index (κ3) is 2.61. The molecule has 3 nitrogen and oxygen atoms in total. The summed E-state index contributed by atoms with van der Waals surface area (Å²) in [6, 6.07) is 8.10. The minimum absolute atomic E-state index is 0.0741. The van der Waals surface area contributed by atoms with Crippen LogP contribution in [-0.2, 0) is 0 Å². The van der Waals surface area contributed by atoms with Gasteiger partial charge in [0.2, 0.25) is 0 Å². The molecule has 1 aromatic carbocycles. The summed E-state index contributed by atoms with van der Waals surface area (Å²) in [5.41, 5.74) is 1.85. The monoisotopic (exact) mass is 219 g/mol. The number of benzene rings is 1. The fraction of sp³-hybridized carbons (Fsp3) is 0.462. The number of rotatable bonds is 2. The Bertz CT molecular complexity index is 370. The first-order chi connectivity index (χ1) is 7.77. The molecule has 1 aliphatic rings. The number of hydrogen-bond acceptors (Lipinski definition) is 1. The Labute approximate surface area is 96.2 Å². The number of nitrogens with one attached hydrogen (secondary N) is 1. The molecule has 86 valence electrons. The van der Waals surface area contributed by atoms with E-state index in [1.807, 2.05) is 31.2 Å². The van der Waals surface area contributed by atoms with Gasteiger partial charge in [-0.05, 0) is 18.6 Å². The Morgan fingerprint density at radius 1 is 1.31 bits per heavy atom. The van der Waals surface area contributed by atoms with Crippen LogP contribution in [0.25, 0.3) is 0 Å². The molecule has 16 heavy (non-hydrogen) atoms. The molecule has 0 bridgehead atoms. The zero-order valence-corrected chi connectivity index (χ0v) is 9.70. The molecule has 0 unspecified atom stereocenters. The van der Waals surface area contributed by atoms with E-state index in [-0.39, 0.29) is 5.91 Å². The number of hydrogen-bond donors (Lipinski definition) is 2. The van der Waals surface area contributed by atoms with Crippen LogP contribution in [0.5, 0.6) is 0 Å². The van der Waals surface area contributed by atoms with Crippen LogP contribution in [0.2, 0.25) is 0 Å². The molecule has 0 aromatic heterocycles. The van der Waals surface area contributed by atoms with E-state index >= 15 is 0 Å². The number of carbonyl (C=O) groups is 1. The van der Waals surface area contributed by atoms with Gasteiger partial charge < -0.3 is 10.6 Å². The molecular formula is C13H19N2O+. The average molecular weight is 219 g/mol. The van der Waals surface area contributed by atoms with Gasteiger partial charge in [-0.25, -0.2) is 0 Å². The lowest BCUT2D eigenvalue weighted by molar-refractivity contribution is -0.663. The van der Waals surface area contributed by atoms with E-state index in [4.69, 9.17) is 0 Å². The first-order valence-corrected chi connectivity index (χ1v) is 5.95. The van der Waals surface area contributed by atoms with Crippen LogP contribution in [0.4, 0.5) is 0 Å². The van der Waals surface area contributed by atoms with Gasteiger partial charge in [-0.2, -0.15) is 0 Å². The Kier molecular flexibility index (Phi) is 3.57. The molecule has 1 heterocycles. The van der Waals surface area contributed by atoms with Gasteiger partial charge in [0.15, 0.2) is 0 Å². The molecule has 0 aliphatic carbocycles. The lowest BCUT2D eigenvalue weighted by Crippen LogP contribution is -2.87. The summed E-state index contributed by atoms with van der Waals surface area (Å²) in [5, 5.41) is 5.42. The van der Waals surface area contributed by atoms with E-state index in [9.17, 15) is 4.79 Å². The maximum absolute atomic E-state index is 12.0. The fourth-order valence-electron chi connectivity index (χ4n) is 2.16. The van der Waals surface area contributed by atoms with Crippen molar-refractivity contribution in [1.29, 1.82) is 0 Å². The van der Waals surface area contributed by atoms with Crippen LogP contribution in [0.15, 0.2) is 24.3 Å². The highest BCUT2D eigenvalue weighted by Crippen LogP contribution is 2.08. The van der Waals surface area contributed by atoms with E-state index in [1.165, 1.54) is 0 Å². The Balaban J connectivity index is 2.00. The Morgan fingerprint density at radius 2 is 2.00 bits per heavy atom. The summed E-state index contributed by atoms with van der Waals surface area (Å²) in [7, 11) is 0. The number of piperidine rings is 1. The number of amides is 1. The molecule has 0 saturated carbocycles. The van der Waals surface area contributed by atoms with Crippen molar-refractivity contribution in [2.45, 2.75) is 25.8 Å². The zero-order chi connectivity index (χ0) is 11.4. The van der Waals surface area contributed by atoms with Crippen molar-refractivity contribution in [2.75, 3.05) is 13.1 Å². The summed E-state index contributed by atoms with van der Waals surface area (Å²) < 4.78 is 0. The highest BCUT2D eigenvalue weighted by atomic mass is 16.1. The molecule has 0 spiro atoms. The topological polar surface area (TPSA) is 45.7 Å². The maximum Gasteiger partial charge on any atom is 0.251 e. The first kappa shape index (κ1) is 11.1. The molecule has 1 aliphatic heterocycles. The molecule has 3 N–H and O–H groups in total. The average Bonchev–Trinajstić information content (AvgIpc) is 2.31. The number of nitrogens with two attached hydrogens (primary N) is 1. The second-order valence-electron chi connectivity index (χ2n) is 4.43. The van der Waals surface area contributed by atoms with Crippen LogP contribution in [0.1, 0.15) is 28.8 Å². The molecule has 2 rings (SSSR count). The second kappa shape index (κ2) is 5.12. The van der Waals surface area contributed by atoms with E-state index in [0.29, 0.717) is 6.04 Å². The second-order valence-corrected chi connectivity index (χ2v) is 4.43. The quantitative estimate of drug-likeness (QED) is 0.745. The molecule has 1 fully saturated rings. The van der Waals surface area contributed by atoms with Gasteiger partial charge in [0.1, 0.15) is 0 Å². The summed E-state index contributed by atoms with van der Waals surface area (Å²) in [6.45, 7) is 4.22. The van der Waals surface area contributed by atoms with Crippen LogP contribution >= 0.6 is 0 Å². The van der Waals surface area contributed by atoms with Crippen LogP contribution < -0.4 is 10.6 Å². The van der Waals surface area contributed by atoms with Gasteiger partial charge in [-0.15, -0.1) is 0 Å². The Hall–Kier alpha value is -1.35. The maximum atomic E-state index is 12.0. The molecule has 3 heteroatoms. The van der Waals surface area contributed by atoms with Crippen molar-refractivity contribution in [1.82, 2.24) is 5.32 Å². The lowest BCUT2D eigenvalue weighted by atomic mass is 10.0. The number of carbonyl (C=O) groups excluding carboxylic acids is 1. The third-order valence-electron chi connectivity index (χ3n) is 3.16. The van der Waals surface area contributed by atoms with E-state index in [2.05, 4.69) is 10.6 Å². The highest BCUT2D eigenvalue weighted by Gasteiger charge is 2.18. The molecular weight excluding hydrogens is 200 g/mol. The zero-order valence-electron chi connectivity index (χ0n) is 9.70. The fourth-order valence-corrected chi connectivity index (χ4v) is 2.16. The van der Waals surface area contributed by atoms with Crippen molar-refractivity contribution in [3.63, 3.8) is 0 Å². The minimum atomic E-state index is 0.0741. The summed E-state index contributed by atoms with van der Waals surface area (Å²) in [4.78, 5) is 12.0. The normalized spacial score (nSPS) is 17.1. The van der Waals surface area contributed by atoms with E-state index in [1.54, 1.807) is 0 Å². The van der Waals surface area contributed by atoms with Crippen LogP contribution in [0, 0.1) is 6.92 Å². The van der Waals surface area contributed by atoms with Gasteiger partial charge in [0, 0.05) is 24.4 Å². The van der Waals surface area contributed by atoms with Gasteiger partial charge >= 0.3 is 0 Å². The largest absolute Gasteiger partial charge is 0.349 e. The minimum Gasteiger partial charge on any atom is -0.349 e. The molecule has 1 amide bonds. The van der Waals surface area contributed by atoms with Gasteiger partial charge in [0.25, 0.3) is 5.91 Å². The molecule has 1 aromatic rings. The van der Waals surface area contributed by atoms with Crippen molar-refractivity contribution in [3.8, 4) is 0 Å². The molecule has 0 radical (unpaired) electrons. The lowest BCUT2D eigenvalue weighted by Gasteiger charge is -2.21. The number of quaternary nitrogens is 1. The first-order valence-electron chi connectivity index (χ1n) is 5.95.